The van der Waals surface area contributed by atoms with E-state index in [2.05, 4.69) is 5.32 Å². The molecule has 1 amide bonds. The molecule has 0 fully saturated rings. The third-order valence-electron chi connectivity index (χ3n) is 3.45. The summed E-state index contributed by atoms with van der Waals surface area (Å²) < 4.78 is 5.51. The van der Waals surface area contributed by atoms with Crippen LogP contribution in [0.25, 0.3) is 0 Å². The predicted octanol–water partition coefficient (Wildman–Crippen LogP) is 2.37. The van der Waals surface area contributed by atoms with E-state index in [9.17, 15) is 9.90 Å². The maximum atomic E-state index is 11.6. The summed E-state index contributed by atoms with van der Waals surface area (Å²) in [6.45, 7) is 6.39. The number of carbonyl (C=O) groups is 1. The van der Waals surface area contributed by atoms with Crippen molar-refractivity contribution in [3.8, 4) is 5.75 Å². The first-order chi connectivity index (χ1) is 9.42. The van der Waals surface area contributed by atoms with E-state index in [1.165, 1.54) is 0 Å². The molecule has 20 heavy (non-hydrogen) atoms. The van der Waals surface area contributed by atoms with Gasteiger partial charge in [-0.3, -0.25) is 4.79 Å². The number of rotatable bonds is 8. The molecule has 0 saturated heterocycles. The van der Waals surface area contributed by atoms with Gasteiger partial charge in [0.2, 0.25) is 5.91 Å². The summed E-state index contributed by atoms with van der Waals surface area (Å²) in [4.78, 5) is 11.6. The fourth-order valence-electron chi connectivity index (χ4n) is 1.51. The highest BCUT2D eigenvalue weighted by atomic mass is 16.5. The molecule has 0 aromatic heterocycles. The lowest BCUT2D eigenvalue weighted by Crippen LogP contribution is -2.44. The zero-order valence-electron chi connectivity index (χ0n) is 12.6. The summed E-state index contributed by atoms with van der Waals surface area (Å²) in [5, 5.41) is 12.8. The van der Waals surface area contributed by atoms with Crippen molar-refractivity contribution in [1.82, 2.24) is 5.32 Å². The molecule has 0 aliphatic carbocycles. The zero-order valence-corrected chi connectivity index (χ0v) is 12.6. The van der Waals surface area contributed by atoms with Crippen LogP contribution in [0.2, 0.25) is 0 Å². The van der Waals surface area contributed by atoms with Crippen LogP contribution < -0.4 is 10.1 Å². The molecule has 0 saturated carbocycles. The number of para-hydroxylation sites is 1. The largest absolute Gasteiger partial charge is 0.494 e. The second kappa shape index (κ2) is 7.90. The van der Waals surface area contributed by atoms with Gasteiger partial charge < -0.3 is 15.2 Å². The zero-order chi connectivity index (χ0) is 15.0. The van der Waals surface area contributed by atoms with Gasteiger partial charge in [-0.1, -0.05) is 32.0 Å². The number of nitrogens with one attached hydrogen (secondary N) is 1. The molecule has 1 unspecified atom stereocenters. The highest BCUT2D eigenvalue weighted by Crippen LogP contribution is 2.14. The van der Waals surface area contributed by atoms with Crippen molar-refractivity contribution in [2.75, 3.05) is 13.2 Å². The van der Waals surface area contributed by atoms with E-state index < -0.39 is 5.60 Å². The summed E-state index contributed by atoms with van der Waals surface area (Å²) in [6.07, 6.45) is 1.06. The second-order valence-electron chi connectivity index (χ2n) is 5.55. The Hall–Kier alpha value is -1.55. The Kier molecular flexibility index (Phi) is 6.52. The van der Waals surface area contributed by atoms with Gasteiger partial charge in [-0.05, 0) is 31.4 Å². The normalized spacial score (nSPS) is 13.8. The summed E-state index contributed by atoms with van der Waals surface area (Å²) in [5.41, 5.74) is -0.865. The van der Waals surface area contributed by atoms with Gasteiger partial charge in [-0.25, -0.2) is 0 Å². The molecule has 0 heterocycles. The fraction of sp³-hybridized carbons (Fsp3) is 0.562. The topological polar surface area (TPSA) is 58.6 Å². The van der Waals surface area contributed by atoms with E-state index in [1.807, 2.05) is 44.2 Å². The maximum Gasteiger partial charge on any atom is 0.220 e. The van der Waals surface area contributed by atoms with Crippen LogP contribution in [-0.2, 0) is 4.79 Å². The lowest BCUT2D eigenvalue weighted by Gasteiger charge is -2.27. The number of hydrogen-bond acceptors (Lipinski definition) is 3. The summed E-state index contributed by atoms with van der Waals surface area (Å²) in [7, 11) is 0. The average Bonchev–Trinajstić information content (AvgIpc) is 2.42. The van der Waals surface area contributed by atoms with Gasteiger partial charge in [-0.15, -0.1) is 0 Å². The number of benzene rings is 1. The molecule has 1 aromatic carbocycles. The molecule has 112 valence electrons. The molecule has 0 spiro atoms. The SMILES string of the molecule is CC(C)C(C)(O)CNC(=O)CCCOc1ccccc1. The van der Waals surface area contributed by atoms with Crippen molar-refractivity contribution in [2.24, 2.45) is 5.92 Å². The standard InChI is InChI=1S/C16H25NO3/c1-13(2)16(3,19)12-17-15(18)10-7-11-20-14-8-5-4-6-9-14/h4-6,8-9,13,19H,7,10-12H2,1-3H3,(H,17,18). The molecular formula is C16H25NO3. The highest BCUT2D eigenvalue weighted by molar-refractivity contribution is 5.75. The van der Waals surface area contributed by atoms with Crippen LogP contribution in [0.5, 0.6) is 5.75 Å². The van der Waals surface area contributed by atoms with Crippen LogP contribution in [0, 0.1) is 5.92 Å². The van der Waals surface area contributed by atoms with Crippen LogP contribution in [0.1, 0.15) is 33.6 Å². The minimum absolute atomic E-state index is 0.0532. The minimum atomic E-state index is -0.865. The van der Waals surface area contributed by atoms with E-state index in [0.29, 0.717) is 19.4 Å². The van der Waals surface area contributed by atoms with Gasteiger partial charge in [-0.2, -0.15) is 0 Å². The molecule has 0 radical (unpaired) electrons. The Labute approximate surface area is 121 Å². The van der Waals surface area contributed by atoms with Crippen molar-refractivity contribution >= 4 is 5.91 Å². The van der Waals surface area contributed by atoms with Crippen LogP contribution >= 0.6 is 0 Å². The monoisotopic (exact) mass is 279 g/mol. The van der Waals surface area contributed by atoms with Crippen molar-refractivity contribution in [2.45, 2.75) is 39.2 Å². The number of carbonyl (C=O) groups excluding carboxylic acids is 1. The lowest BCUT2D eigenvalue weighted by molar-refractivity contribution is -0.122. The Morgan fingerprint density at radius 1 is 1.35 bits per heavy atom. The van der Waals surface area contributed by atoms with E-state index in [0.717, 1.165) is 5.75 Å². The second-order valence-corrected chi connectivity index (χ2v) is 5.55. The molecule has 4 heteroatoms. The van der Waals surface area contributed by atoms with Crippen LogP contribution in [0.15, 0.2) is 30.3 Å². The van der Waals surface area contributed by atoms with Gasteiger partial charge in [0.25, 0.3) is 0 Å². The molecule has 2 N–H and O–H groups in total. The molecule has 1 rings (SSSR count). The Morgan fingerprint density at radius 2 is 2.00 bits per heavy atom. The van der Waals surface area contributed by atoms with Gasteiger partial charge in [0.15, 0.2) is 0 Å². The molecule has 0 bridgehead atoms. The fourth-order valence-corrected chi connectivity index (χ4v) is 1.51. The summed E-state index contributed by atoms with van der Waals surface area (Å²) in [6, 6.07) is 9.53. The third kappa shape index (κ3) is 6.06. The van der Waals surface area contributed by atoms with E-state index in [-0.39, 0.29) is 18.4 Å². The Morgan fingerprint density at radius 3 is 2.60 bits per heavy atom. The first kappa shape index (κ1) is 16.5. The lowest BCUT2D eigenvalue weighted by atomic mass is 9.92. The Bertz CT molecular complexity index is 401. The van der Waals surface area contributed by atoms with E-state index in [1.54, 1.807) is 6.92 Å². The molecular weight excluding hydrogens is 254 g/mol. The molecule has 1 aromatic rings. The van der Waals surface area contributed by atoms with Crippen LogP contribution in [-0.4, -0.2) is 29.8 Å². The van der Waals surface area contributed by atoms with Crippen molar-refractivity contribution in [3.63, 3.8) is 0 Å². The summed E-state index contributed by atoms with van der Waals surface area (Å²) in [5.74, 6) is 0.863. The van der Waals surface area contributed by atoms with Crippen molar-refractivity contribution < 1.29 is 14.6 Å². The smallest absolute Gasteiger partial charge is 0.220 e. The number of hydrogen-bond donors (Lipinski definition) is 2. The molecule has 1 atom stereocenters. The Balaban J connectivity index is 2.15. The first-order valence-corrected chi connectivity index (χ1v) is 7.09. The minimum Gasteiger partial charge on any atom is -0.494 e. The molecule has 0 aliphatic heterocycles. The van der Waals surface area contributed by atoms with Gasteiger partial charge in [0.05, 0.1) is 12.2 Å². The van der Waals surface area contributed by atoms with Crippen molar-refractivity contribution in [1.29, 1.82) is 0 Å². The predicted molar refractivity (Wildman–Crippen MR) is 79.6 cm³/mol. The van der Waals surface area contributed by atoms with Gasteiger partial charge in [0, 0.05) is 13.0 Å². The maximum absolute atomic E-state index is 11.6. The van der Waals surface area contributed by atoms with E-state index >= 15 is 0 Å². The highest BCUT2D eigenvalue weighted by Gasteiger charge is 2.25. The van der Waals surface area contributed by atoms with Gasteiger partial charge >= 0.3 is 0 Å². The molecule has 4 nitrogen and oxygen atoms in total. The first-order valence-electron chi connectivity index (χ1n) is 7.09. The quantitative estimate of drug-likeness (QED) is 0.718. The summed E-state index contributed by atoms with van der Waals surface area (Å²) >= 11 is 0. The molecule has 0 aliphatic rings. The average molecular weight is 279 g/mol. The third-order valence-corrected chi connectivity index (χ3v) is 3.45. The van der Waals surface area contributed by atoms with Gasteiger partial charge in [0.1, 0.15) is 5.75 Å². The van der Waals surface area contributed by atoms with Crippen LogP contribution in [0.3, 0.4) is 0 Å². The number of amides is 1. The van der Waals surface area contributed by atoms with Crippen molar-refractivity contribution in [3.05, 3.63) is 30.3 Å². The van der Waals surface area contributed by atoms with Crippen LogP contribution in [0.4, 0.5) is 0 Å². The number of aliphatic hydroxyl groups is 1. The van der Waals surface area contributed by atoms with E-state index in [4.69, 9.17) is 4.74 Å². The number of ether oxygens (including phenoxy) is 1.